The quantitative estimate of drug-likeness (QED) is 0.810. The first-order chi connectivity index (χ1) is 9.78. The van der Waals surface area contributed by atoms with Crippen LogP contribution in [0.2, 0.25) is 0 Å². The average Bonchev–Trinajstić information content (AvgIpc) is 2.97. The summed E-state index contributed by atoms with van der Waals surface area (Å²) in [4.78, 5) is 8.81. The van der Waals surface area contributed by atoms with Crippen molar-refractivity contribution in [3.05, 3.63) is 41.2 Å². The standard InChI is InChI=1S/C14H15ClFN3S/c15-9-11-10-20-14(17-11)19-7-5-18(6-8-19)13-4-2-1-3-12(13)16/h1-4,10H,5-9H2. The first kappa shape index (κ1) is 13.6. The van der Waals surface area contributed by atoms with Gasteiger partial charge < -0.3 is 9.80 Å². The van der Waals surface area contributed by atoms with Crippen LogP contribution in [0.1, 0.15) is 5.69 Å². The maximum absolute atomic E-state index is 13.8. The minimum absolute atomic E-state index is 0.153. The fourth-order valence-corrected chi connectivity index (χ4v) is 3.46. The van der Waals surface area contributed by atoms with Gasteiger partial charge in [-0.2, -0.15) is 0 Å². The predicted octanol–water partition coefficient (Wildman–Crippen LogP) is 3.35. The maximum Gasteiger partial charge on any atom is 0.185 e. The molecule has 3 rings (SSSR count). The van der Waals surface area contributed by atoms with Gasteiger partial charge in [0.15, 0.2) is 5.13 Å². The number of thiazole rings is 1. The lowest BCUT2D eigenvalue weighted by Crippen LogP contribution is -2.46. The lowest BCUT2D eigenvalue weighted by molar-refractivity contribution is 0.597. The highest BCUT2D eigenvalue weighted by Gasteiger charge is 2.21. The number of halogens is 2. The third-order valence-electron chi connectivity index (χ3n) is 3.42. The van der Waals surface area contributed by atoms with E-state index in [0.717, 1.165) is 37.0 Å². The fourth-order valence-electron chi connectivity index (χ4n) is 2.35. The largest absolute Gasteiger partial charge is 0.366 e. The van der Waals surface area contributed by atoms with E-state index in [2.05, 4.69) is 14.8 Å². The molecule has 0 atom stereocenters. The van der Waals surface area contributed by atoms with Crippen molar-refractivity contribution in [1.29, 1.82) is 0 Å². The number of hydrogen-bond donors (Lipinski definition) is 0. The zero-order valence-electron chi connectivity index (χ0n) is 10.9. The van der Waals surface area contributed by atoms with Gasteiger partial charge in [0.2, 0.25) is 0 Å². The summed E-state index contributed by atoms with van der Waals surface area (Å²) in [5, 5.41) is 3.00. The Morgan fingerprint density at radius 2 is 1.85 bits per heavy atom. The molecule has 0 N–H and O–H groups in total. The Kier molecular flexibility index (Phi) is 4.08. The van der Waals surface area contributed by atoms with Crippen LogP contribution in [0.25, 0.3) is 0 Å². The van der Waals surface area contributed by atoms with Crippen molar-refractivity contribution in [2.75, 3.05) is 36.0 Å². The van der Waals surface area contributed by atoms with Crippen LogP contribution in [0.5, 0.6) is 0 Å². The first-order valence-electron chi connectivity index (χ1n) is 6.52. The number of aromatic nitrogens is 1. The molecule has 2 aromatic rings. The van der Waals surface area contributed by atoms with Gasteiger partial charge >= 0.3 is 0 Å². The summed E-state index contributed by atoms with van der Waals surface area (Å²) in [5.41, 5.74) is 1.61. The third-order valence-corrected chi connectivity index (χ3v) is 4.64. The summed E-state index contributed by atoms with van der Waals surface area (Å²) >= 11 is 7.39. The lowest BCUT2D eigenvalue weighted by atomic mass is 10.2. The number of para-hydroxylation sites is 1. The van der Waals surface area contributed by atoms with E-state index in [1.54, 1.807) is 17.4 Å². The SMILES string of the molecule is Fc1ccccc1N1CCN(c2nc(CCl)cs2)CC1. The predicted molar refractivity (Wildman–Crippen MR) is 82.5 cm³/mol. The van der Waals surface area contributed by atoms with Crippen LogP contribution in [0.3, 0.4) is 0 Å². The van der Waals surface area contributed by atoms with E-state index in [9.17, 15) is 4.39 Å². The second-order valence-electron chi connectivity index (χ2n) is 4.68. The number of alkyl halides is 1. The van der Waals surface area contributed by atoms with Crippen LogP contribution in [-0.2, 0) is 5.88 Å². The van der Waals surface area contributed by atoms with E-state index < -0.39 is 0 Å². The minimum atomic E-state index is -0.153. The summed E-state index contributed by atoms with van der Waals surface area (Å²) in [6, 6.07) is 6.94. The van der Waals surface area contributed by atoms with Crippen LogP contribution in [-0.4, -0.2) is 31.2 Å². The molecule has 2 heterocycles. The van der Waals surface area contributed by atoms with Crippen LogP contribution >= 0.6 is 22.9 Å². The van der Waals surface area contributed by atoms with Crippen LogP contribution < -0.4 is 9.80 Å². The van der Waals surface area contributed by atoms with Crippen molar-refractivity contribution >= 4 is 33.8 Å². The summed E-state index contributed by atoms with van der Waals surface area (Å²) in [6.45, 7) is 3.31. The summed E-state index contributed by atoms with van der Waals surface area (Å²) in [5.74, 6) is 0.297. The molecule has 1 aromatic heterocycles. The molecular formula is C14H15ClFN3S. The van der Waals surface area contributed by atoms with E-state index in [4.69, 9.17) is 11.6 Å². The number of hydrogen-bond acceptors (Lipinski definition) is 4. The Morgan fingerprint density at radius 3 is 2.50 bits per heavy atom. The Labute approximate surface area is 126 Å². The molecule has 0 radical (unpaired) electrons. The average molecular weight is 312 g/mol. The summed E-state index contributed by atoms with van der Waals surface area (Å²) in [6.07, 6.45) is 0. The smallest absolute Gasteiger partial charge is 0.185 e. The van der Waals surface area contributed by atoms with Crippen molar-refractivity contribution in [3.63, 3.8) is 0 Å². The topological polar surface area (TPSA) is 19.4 Å². The summed E-state index contributed by atoms with van der Waals surface area (Å²) in [7, 11) is 0. The molecule has 6 heteroatoms. The number of rotatable bonds is 3. The molecule has 0 aliphatic carbocycles. The molecule has 1 aromatic carbocycles. The molecule has 0 saturated carbocycles. The Morgan fingerprint density at radius 1 is 1.15 bits per heavy atom. The van der Waals surface area contributed by atoms with Gasteiger partial charge in [0.1, 0.15) is 5.82 Å². The Bertz CT molecular complexity index is 581. The van der Waals surface area contributed by atoms with Crippen LogP contribution in [0.15, 0.2) is 29.6 Å². The van der Waals surface area contributed by atoms with Crippen molar-refractivity contribution in [3.8, 4) is 0 Å². The van der Waals surface area contributed by atoms with E-state index in [-0.39, 0.29) is 5.82 Å². The lowest BCUT2D eigenvalue weighted by Gasteiger charge is -2.36. The van der Waals surface area contributed by atoms with Gasteiger partial charge in [0.25, 0.3) is 0 Å². The molecule has 20 heavy (non-hydrogen) atoms. The molecule has 1 fully saturated rings. The second kappa shape index (κ2) is 5.97. The van der Waals surface area contributed by atoms with E-state index >= 15 is 0 Å². The number of piperazine rings is 1. The molecule has 1 aliphatic rings. The number of anilines is 2. The van der Waals surface area contributed by atoms with Gasteiger partial charge in [-0.25, -0.2) is 9.37 Å². The minimum Gasteiger partial charge on any atom is -0.366 e. The molecular weight excluding hydrogens is 297 g/mol. The van der Waals surface area contributed by atoms with Crippen molar-refractivity contribution in [1.82, 2.24) is 4.98 Å². The van der Waals surface area contributed by atoms with Gasteiger partial charge in [-0.05, 0) is 12.1 Å². The fraction of sp³-hybridized carbons (Fsp3) is 0.357. The zero-order valence-corrected chi connectivity index (χ0v) is 12.5. The Hall–Kier alpha value is -1.33. The normalized spacial score (nSPS) is 15.7. The Balaban J connectivity index is 1.66. The third kappa shape index (κ3) is 2.74. The van der Waals surface area contributed by atoms with Crippen LogP contribution in [0, 0.1) is 5.82 Å². The second-order valence-corrected chi connectivity index (χ2v) is 5.78. The molecule has 1 aliphatic heterocycles. The molecule has 0 unspecified atom stereocenters. The molecule has 106 valence electrons. The van der Waals surface area contributed by atoms with Gasteiger partial charge in [0.05, 0.1) is 17.3 Å². The highest BCUT2D eigenvalue weighted by atomic mass is 35.5. The van der Waals surface area contributed by atoms with Gasteiger partial charge in [-0.1, -0.05) is 12.1 Å². The molecule has 0 spiro atoms. The monoisotopic (exact) mass is 311 g/mol. The van der Waals surface area contributed by atoms with Gasteiger partial charge in [-0.15, -0.1) is 22.9 Å². The van der Waals surface area contributed by atoms with Crippen molar-refractivity contribution in [2.24, 2.45) is 0 Å². The van der Waals surface area contributed by atoms with Crippen LogP contribution in [0.4, 0.5) is 15.2 Å². The molecule has 1 saturated heterocycles. The highest BCUT2D eigenvalue weighted by Crippen LogP contribution is 2.25. The van der Waals surface area contributed by atoms with E-state index in [0.29, 0.717) is 11.6 Å². The number of benzene rings is 1. The zero-order chi connectivity index (χ0) is 13.9. The summed E-state index contributed by atoms with van der Waals surface area (Å²) < 4.78 is 13.8. The van der Waals surface area contributed by atoms with Gasteiger partial charge in [-0.3, -0.25) is 0 Å². The van der Waals surface area contributed by atoms with Crippen molar-refractivity contribution in [2.45, 2.75) is 5.88 Å². The van der Waals surface area contributed by atoms with Gasteiger partial charge in [0, 0.05) is 31.6 Å². The van der Waals surface area contributed by atoms with E-state index in [1.807, 2.05) is 17.5 Å². The molecule has 0 bridgehead atoms. The maximum atomic E-state index is 13.8. The van der Waals surface area contributed by atoms with E-state index in [1.165, 1.54) is 6.07 Å². The number of nitrogens with zero attached hydrogens (tertiary/aromatic N) is 3. The highest BCUT2D eigenvalue weighted by molar-refractivity contribution is 7.13. The molecule has 3 nitrogen and oxygen atoms in total. The first-order valence-corrected chi connectivity index (χ1v) is 7.94. The van der Waals surface area contributed by atoms with Crippen molar-refractivity contribution < 1.29 is 4.39 Å². The molecule has 0 amide bonds.